The lowest BCUT2D eigenvalue weighted by Gasteiger charge is -2.30. The van der Waals surface area contributed by atoms with Gasteiger partial charge in [0.25, 0.3) is 10.2 Å². The summed E-state index contributed by atoms with van der Waals surface area (Å²) in [5.74, 6) is 0.558. The van der Waals surface area contributed by atoms with Crippen molar-refractivity contribution in [2.75, 3.05) is 13.1 Å². The summed E-state index contributed by atoms with van der Waals surface area (Å²) in [6.07, 6.45) is 1.73. The summed E-state index contributed by atoms with van der Waals surface area (Å²) in [5.41, 5.74) is 0.656. The molecule has 0 radical (unpaired) electrons. The van der Waals surface area contributed by atoms with Gasteiger partial charge in [-0.15, -0.1) is 0 Å². The first-order valence-electron chi connectivity index (χ1n) is 6.75. The van der Waals surface area contributed by atoms with E-state index in [0.29, 0.717) is 24.6 Å². The Balaban J connectivity index is 2.09. The van der Waals surface area contributed by atoms with E-state index in [1.807, 2.05) is 12.1 Å². The van der Waals surface area contributed by atoms with Gasteiger partial charge in [-0.1, -0.05) is 37.3 Å². The smallest absolute Gasteiger partial charge is 0.196 e. The van der Waals surface area contributed by atoms with Crippen molar-refractivity contribution in [3.05, 3.63) is 35.9 Å². The maximum Gasteiger partial charge on any atom is 0.280 e. The number of benzene rings is 1. The molecule has 1 aliphatic rings. The fourth-order valence-corrected chi connectivity index (χ4v) is 3.59. The van der Waals surface area contributed by atoms with Crippen LogP contribution in [-0.2, 0) is 10.2 Å². The number of hydrogen-bond acceptors (Lipinski definition) is 3. The second-order valence-corrected chi connectivity index (χ2v) is 6.88. The standard InChI is InChI=1S/C14H19N3O2S/c1-12-7-9-17(10-8-12)20(18,19)16-14(11-15)13-5-3-2-4-6-13/h2-6,12,14,16H,7-10H2,1H3. The number of rotatable bonds is 4. The number of nitrogens with one attached hydrogen (secondary N) is 1. The average Bonchev–Trinajstić information content (AvgIpc) is 2.46. The molecular weight excluding hydrogens is 274 g/mol. The highest BCUT2D eigenvalue weighted by Gasteiger charge is 2.28. The Morgan fingerprint density at radius 3 is 2.45 bits per heavy atom. The van der Waals surface area contributed by atoms with Crippen molar-refractivity contribution < 1.29 is 8.42 Å². The molecule has 0 aliphatic carbocycles. The SMILES string of the molecule is CC1CCN(S(=O)(=O)NC(C#N)c2ccccc2)CC1. The Morgan fingerprint density at radius 1 is 1.30 bits per heavy atom. The lowest BCUT2D eigenvalue weighted by molar-refractivity contribution is 0.284. The molecule has 5 nitrogen and oxygen atoms in total. The van der Waals surface area contributed by atoms with E-state index in [1.54, 1.807) is 24.3 Å². The largest absolute Gasteiger partial charge is 0.280 e. The Bertz CT molecular complexity index is 572. The van der Waals surface area contributed by atoms with Gasteiger partial charge in [0, 0.05) is 13.1 Å². The summed E-state index contributed by atoms with van der Waals surface area (Å²) in [4.78, 5) is 0. The van der Waals surface area contributed by atoms with Gasteiger partial charge in [-0.05, 0) is 24.3 Å². The summed E-state index contributed by atoms with van der Waals surface area (Å²) in [6.45, 7) is 3.16. The van der Waals surface area contributed by atoms with E-state index in [1.165, 1.54) is 4.31 Å². The van der Waals surface area contributed by atoms with Gasteiger partial charge in [-0.3, -0.25) is 0 Å². The normalized spacial score (nSPS) is 19.4. The van der Waals surface area contributed by atoms with Crippen molar-refractivity contribution in [2.45, 2.75) is 25.8 Å². The lowest BCUT2D eigenvalue weighted by atomic mass is 10.0. The molecule has 1 N–H and O–H groups in total. The third-order valence-corrected chi connectivity index (χ3v) is 5.19. The molecule has 0 bridgehead atoms. The molecule has 2 rings (SSSR count). The zero-order valence-corrected chi connectivity index (χ0v) is 12.3. The second-order valence-electron chi connectivity index (χ2n) is 5.18. The van der Waals surface area contributed by atoms with Crippen LogP contribution in [0.4, 0.5) is 0 Å². The van der Waals surface area contributed by atoms with E-state index >= 15 is 0 Å². The molecule has 1 aliphatic heterocycles. The average molecular weight is 293 g/mol. The summed E-state index contributed by atoms with van der Waals surface area (Å²) in [6, 6.07) is 10.1. The van der Waals surface area contributed by atoms with Crippen LogP contribution in [0, 0.1) is 17.2 Å². The fourth-order valence-electron chi connectivity index (χ4n) is 2.26. The molecule has 1 aromatic carbocycles. The molecule has 0 aromatic heterocycles. The van der Waals surface area contributed by atoms with Crippen LogP contribution in [-0.4, -0.2) is 25.8 Å². The van der Waals surface area contributed by atoms with Crippen LogP contribution in [0.15, 0.2) is 30.3 Å². The maximum atomic E-state index is 12.3. The highest BCUT2D eigenvalue weighted by atomic mass is 32.2. The molecule has 1 unspecified atom stereocenters. The van der Waals surface area contributed by atoms with Gasteiger partial charge in [0.15, 0.2) is 0 Å². The van der Waals surface area contributed by atoms with Gasteiger partial charge in [-0.25, -0.2) is 0 Å². The van der Waals surface area contributed by atoms with Gasteiger partial charge >= 0.3 is 0 Å². The van der Waals surface area contributed by atoms with E-state index < -0.39 is 16.3 Å². The van der Waals surface area contributed by atoms with Crippen molar-refractivity contribution in [1.29, 1.82) is 5.26 Å². The van der Waals surface area contributed by atoms with Crippen LogP contribution in [0.25, 0.3) is 0 Å². The van der Waals surface area contributed by atoms with Crippen LogP contribution >= 0.6 is 0 Å². The van der Waals surface area contributed by atoms with Crippen molar-refractivity contribution >= 4 is 10.2 Å². The predicted octanol–water partition coefficient (Wildman–Crippen LogP) is 1.82. The van der Waals surface area contributed by atoms with E-state index in [-0.39, 0.29) is 0 Å². The monoisotopic (exact) mass is 293 g/mol. The summed E-state index contributed by atoms with van der Waals surface area (Å²) in [5, 5.41) is 9.19. The van der Waals surface area contributed by atoms with Gasteiger partial charge in [-0.2, -0.15) is 22.7 Å². The van der Waals surface area contributed by atoms with Crippen molar-refractivity contribution in [3.63, 3.8) is 0 Å². The Hall–Kier alpha value is -1.42. The predicted molar refractivity (Wildman–Crippen MR) is 76.8 cm³/mol. The van der Waals surface area contributed by atoms with Crippen LogP contribution < -0.4 is 4.72 Å². The number of hydrogen-bond donors (Lipinski definition) is 1. The first-order valence-corrected chi connectivity index (χ1v) is 8.19. The third-order valence-electron chi connectivity index (χ3n) is 3.61. The Labute approximate surface area is 120 Å². The summed E-state index contributed by atoms with van der Waals surface area (Å²) in [7, 11) is -3.61. The van der Waals surface area contributed by atoms with Crippen LogP contribution in [0.5, 0.6) is 0 Å². The van der Waals surface area contributed by atoms with E-state index in [0.717, 1.165) is 12.8 Å². The van der Waals surface area contributed by atoms with Crippen LogP contribution in [0.2, 0.25) is 0 Å². The molecule has 20 heavy (non-hydrogen) atoms. The van der Waals surface area contributed by atoms with Gasteiger partial charge in [0.05, 0.1) is 6.07 Å². The molecule has 6 heteroatoms. The molecule has 1 atom stereocenters. The van der Waals surface area contributed by atoms with Crippen LogP contribution in [0.3, 0.4) is 0 Å². The van der Waals surface area contributed by atoms with E-state index in [9.17, 15) is 13.7 Å². The summed E-state index contributed by atoms with van der Waals surface area (Å²) >= 11 is 0. The van der Waals surface area contributed by atoms with Crippen LogP contribution in [0.1, 0.15) is 31.4 Å². The first kappa shape index (κ1) is 15.0. The highest BCUT2D eigenvalue weighted by Crippen LogP contribution is 2.20. The van der Waals surface area contributed by atoms with Gasteiger partial charge in [0.2, 0.25) is 0 Å². The van der Waals surface area contributed by atoms with E-state index in [2.05, 4.69) is 11.6 Å². The minimum atomic E-state index is -3.61. The topological polar surface area (TPSA) is 73.2 Å². The van der Waals surface area contributed by atoms with E-state index in [4.69, 9.17) is 0 Å². The molecule has 0 amide bonds. The quantitative estimate of drug-likeness (QED) is 0.920. The Kier molecular flexibility index (Phi) is 4.76. The maximum absolute atomic E-state index is 12.3. The van der Waals surface area contributed by atoms with Gasteiger partial charge in [0.1, 0.15) is 6.04 Å². The van der Waals surface area contributed by atoms with Crippen molar-refractivity contribution in [2.24, 2.45) is 5.92 Å². The fraction of sp³-hybridized carbons (Fsp3) is 0.500. The third kappa shape index (κ3) is 3.57. The van der Waals surface area contributed by atoms with Crippen molar-refractivity contribution in [3.8, 4) is 6.07 Å². The molecule has 1 heterocycles. The number of nitriles is 1. The molecular formula is C14H19N3O2S. The lowest BCUT2D eigenvalue weighted by Crippen LogP contribution is -2.45. The molecule has 1 saturated heterocycles. The molecule has 1 fully saturated rings. The molecule has 0 spiro atoms. The highest BCUT2D eigenvalue weighted by molar-refractivity contribution is 7.87. The number of piperidine rings is 1. The molecule has 1 aromatic rings. The van der Waals surface area contributed by atoms with Gasteiger partial charge < -0.3 is 0 Å². The molecule has 0 saturated carbocycles. The minimum absolute atomic E-state index is 0.517. The summed E-state index contributed by atoms with van der Waals surface area (Å²) < 4.78 is 28.5. The Morgan fingerprint density at radius 2 is 1.90 bits per heavy atom. The molecule has 108 valence electrons. The zero-order valence-electron chi connectivity index (χ0n) is 11.5. The second kappa shape index (κ2) is 6.35. The minimum Gasteiger partial charge on any atom is -0.196 e. The van der Waals surface area contributed by atoms with Crippen molar-refractivity contribution in [1.82, 2.24) is 9.03 Å². The zero-order chi connectivity index (χ0) is 14.6. The first-order chi connectivity index (χ1) is 9.53. The number of nitrogens with zero attached hydrogens (tertiary/aromatic N) is 2.